The maximum atomic E-state index is 13.5. The van der Waals surface area contributed by atoms with Gasteiger partial charge in [-0.1, -0.05) is 0 Å². The highest BCUT2D eigenvalue weighted by Crippen LogP contribution is 2.19. The monoisotopic (exact) mass is 324 g/mol. The van der Waals surface area contributed by atoms with Crippen molar-refractivity contribution in [1.29, 1.82) is 0 Å². The minimum atomic E-state index is -4.53. The molecule has 0 heterocycles. The second kappa shape index (κ2) is 6.45. The van der Waals surface area contributed by atoms with Crippen molar-refractivity contribution < 1.29 is 36.6 Å². The third-order valence-electron chi connectivity index (χ3n) is 2.17. The van der Waals surface area contributed by atoms with Crippen LogP contribution in [0.1, 0.15) is 10.4 Å². The molecular weight excluding hydrogens is 314 g/mol. The maximum absolute atomic E-state index is 13.5. The van der Waals surface area contributed by atoms with E-state index in [0.717, 1.165) is 0 Å². The molecule has 4 N–H and O–H groups in total. The Morgan fingerprint density at radius 3 is 2.48 bits per heavy atom. The lowest BCUT2D eigenvalue weighted by atomic mass is 10.2. The molecule has 1 rings (SSSR count). The summed E-state index contributed by atoms with van der Waals surface area (Å²) in [6.45, 7) is -0.888. The van der Waals surface area contributed by atoms with Crippen LogP contribution in [0.3, 0.4) is 0 Å². The second-order valence-electron chi connectivity index (χ2n) is 3.64. The summed E-state index contributed by atoms with van der Waals surface area (Å²) in [6, 6.07) is 0.824. The summed E-state index contributed by atoms with van der Waals surface area (Å²) in [5.41, 5.74) is 3.90. The summed E-state index contributed by atoms with van der Waals surface area (Å²) in [7, 11) is -4.53. The van der Waals surface area contributed by atoms with Crippen molar-refractivity contribution in [1.82, 2.24) is 4.72 Å². The van der Waals surface area contributed by atoms with Crippen LogP contribution in [0, 0.1) is 11.6 Å². The Morgan fingerprint density at radius 2 is 1.95 bits per heavy atom. The minimum Gasteiger partial charge on any atom is -0.478 e. The molecule has 21 heavy (non-hydrogen) atoms. The van der Waals surface area contributed by atoms with Crippen molar-refractivity contribution in [3.63, 3.8) is 0 Å². The zero-order valence-electron chi connectivity index (χ0n) is 10.3. The molecule has 0 saturated heterocycles. The molecule has 116 valence electrons. The maximum Gasteiger partial charge on any atom is 0.404 e. The third kappa shape index (κ3) is 4.36. The molecule has 0 aliphatic rings. The van der Waals surface area contributed by atoms with Crippen molar-refractivity contribution in [2.45, 2.75) is 4.90 Å². The first-order valence-corrected chi connectivity index (χ1v) is 6.77. The fourth-order valence-electron chi connectivity index (χ4n) is 1.29. The number of rotatable bonds is 6. The van der Waals surface area contributed by atoms with Crippen LogP contribution in [-0.2, 0) is 14.8 Å². The number of amides is 1. The van der Waals surface area contributed by atoms with Gasteiger partial charge in [-0.25, -0.2) is 31.5 Å². The summed E-state index contributed by atoms with van der Waals surface area (Å²) < 4.78 is 56.2. The summed E-state index contributed by atoms with van der Waals surface area (Å²) in [5, 5.41) is 8.69. The van der Waals surface area contributed by atoms with Crippen molar-refractivity contribution >= 4 is 22.1 Å². The van der Waals surface area contributed by atoms with Gasteiger partial charge >= 0.3 is 12.1 Å². The number of carbonyl (C=O) groups excluding carboxylic acids is 1. The van der Waals surface area contributed by atoms with Crippen LogP contribution in [0.25, 0.3) is 0 Å². The second-order valence-corrected chi connectivity index (χ2v) is 5.38. The van der Waals surface area contributed by atoms with Gasteiger partial charge in [0.1, 0.15) is 11.5 Å². The van der Waals surface area contributed by atoms with Gasteiger partial charge < -0.3 is 15.6 Å². The van der Waals surface area contributed by atoms with E-state index in [4.69, 9.17) is 5.11 Å². The first kappa shape index (κ1) is 16.8. The lowest BCUT2D eigenvalue weighted by molar-refractivity contribution is 0.0695. The number of ether oxygens (including phenoxy) is 1. The molecule has 0 fully saturated rings. The summed E-state index contributed by atoms with van der Waals surface area (Å²) >= 11 is 0. The van der Waals surface area contributed by atoms with E-state index in [1.807, 2.05) is 0 Å². The van der Waals surface area contributed by atoms with Crippen LogP contribution in [0.5, 0.6) is 0 Å². The average molecular weight is 324 g/mol. The molecule has 0 aromatic heterocycles. The Bertz CT molecular complexity index is 676. The van der Waals surface area contributed by atoms with E-state index < -0.39 is 57.3 Å². The predicted octanol–water partition coefficient (Wildman–Crippen LogP) is 0.0366. The van der Waals surface area contributed by atoms with Gasteiger partial charge in [-0.2, -0.15) is 0 Å². The molecule has 1 amide bonds. The number of hydrogen-bond donors (Lipinski definition) is 3. The van der Waals surface area contributed by atoms with Crippen LogP contribution in [-0.4, -0.2) is 38.7 Å². The van der Waals surface area contributed by atoms with E-state index in [9.17, 15) is 26.8 Å². The van der Waals surface area contributed by atoms with Gasteiger partial charge in [0.05, 0.1) is 5.56 Å². The molecule has 0 radical (unpaired) electrons. The number of carbonyl (C=O) groups is 2. The number of carboxylic acid groups (broad SMARTS) is 1. The molecule has 0 bridgehead atoms. The van der Waals surface area contributed by atoms with Crippen molar-refractivity contribution in [2.24, 2.45) is 5.73 Å². The molecule has 0 aliphatic carbocycles. The van der Waals surface area contributed by atoms with Crippen LogP contribution in [0.15, 0.2) is 17.0 Å². The zero-order chi connectivity index (χ0) is 16.2. The molecule has 1 aromatic carbocycles. The Hall–Kier alpha value is -2.27. The number of nitrogens with one attached hydrogen (secondary N) is 1. The number of halogens is 2. The normalized spacial score (nSPS) is 11.1. The number of primary amides is 1. The zero-order valence-corrected chi connectivity index (χ0v) is 11.1. The third-order valence-corrected chi connectivity index (χ3v) is 3.63. The Kier molecular flexibility index (Phi) is 5.16. The molecule has 0 aliphatic heterocycles. The lowest BCUT2D eigenvalue weighted by Crippen LogP contribution is -2.30. The quantitative estimate of drug-likeness (QED) is 0.632. The highest BCUT2D eigenvalue weighted by atomic mass is 32.2. The van der Waals surface area contributed by atoms with Gasteiger partial charge in [0.2, 0.25) is 10.0 Å². The van der Waals surface area contributed by atoms with Crippen LogP contribution < -0.4 is 10.5 Å². The first-order valence-electron chi connectivity index (χ1n) is 5.29. The van der Waals surface area contributed by atoms with Crippen molar-refractivity contribution in [2.75, 3.05) is 13.2 Å². The Balaban J connectivity index is 3.02. The van der Waals surface area contributed by atoms with Gasteiger partial charge in [-0.3, -0.25) is 0 Å². The van der Waals surface area contributed by atoms with E-state index >= 15 is 0 Å². The number of benzene rings is 1. The highest BCUT2D eigenvalue weighted by molar-refractivity contribution is 7.89. The van der Waals surface area contributed by atoms with Crippen molar-refractivity contribution in [3.8, 4) is 0 Å². The number of nitrogens with two attached hydrogens (primary N) is 1. The summed E-state index contributed by atoms with van der Waals surface area (Å²) in [4.78, 5) is 19.8. The largest absolute Gasteiger partial charge is 0.478 e. The molecule has 0 unspecified atom stereocenters. The van der Waals surface area contributed by atoms with Crippen LogP contribution in [0.4, 0.5) is 13.6 Å². The SMILES string of the molecule is NC(=O)OCCNS(=O)(=O)c1cc(C(=O)O)cc(F)c1F. The van der Waals surface area contributed by atoms with E-state index in [2.05, 4.69) is 10.5 Å². The van der Waals surface area contributed by atoms with Gasteiger partial charge in [0, 0.05) is 6.54 Å². The number of sulfonamides is 1. The summed E-state index contributed by atoms with van der Waals surface area (Å²) in [5.74, 6) is -4.96. The van der Waals surface area contributed by atoms with E-state index in [0.29, 0.717) is 12.1 Å². The van der Waals surface area contributed by atoms with Gasteiger partial charge in [-0.05, 0) is 12.1 Å². The molecule has 1 aromatic rings. The summed E-state index contributed by atoms with van der Waals surface area (Å²) in [6.07, 6.45) is -1.14. The average Bonchev–Trinajstić information content (AvgIpc) is 2.37. The number of aromatic carboxylic acids is 1. The van der Waals surface area contributed by atoms with Crippen LogP contribution >= 0.6 is 0 Å². The van der Waals surface area contributed by atoms with Crippen molar-refractivity contribution in [3.05, 3.63) is 29.3 Å². The fraction of sp³-hybridized carbons (Fsp3) is 0.200. The molecule has 8 nitrogen and oxygen atoms in total. The van der Waals surface area contributed by atoms with Gasteiger partial charge in [0.25, 0.3) is 0 Å². The highest BCUT2D eigenvalue weighted by Gasteiger charge is 2.24. The predicted molar refractivity (Wildman–Crippen MR) is 64.0 cm³/mol. The van der Waals surface area contributed by atoms with E-state index in [1.54, 1.807) is 4.72 Å². The first-order chi connectivity index (χ1) is 9.65. The Morgan fingerprint density at radius 1 is 1.33 bits per heavy atom. The fourth-order valence-corrected chi connectivity index (χ4v) is 2.41. The van der Waals surface area contributed by atoms with Gasteiger partial charge in [-0.15, -0.1) is 0 Å². The lowest BCUT2D eigenvalue weighted by Gasteiger charge is -2.09. The van der Waals surface area contributed by atoms with E-state index in [1.165, 1.54) is 0 Å². The van der Waals surface area contributed by atoms with Gasteiger partial charge in [0.15, 0.2) is 11.6 Å². The number of carboxylic acids is 1. The topological polar surface area (TPSA) is 136 Å². The molecule has 0 saturated carbocycles. The molecular formula is C10H10F2N2O6S. The molecule has 0 atom stereocenters. The molecule has 11 heteroatoms. The van der Waals surface area contributed by atoms with E-state index in [-0.39, 0.29) is 0 Å². The smallest absolute Gasteiger partial charge is 0.404 e. The standard InChI is InChI=1S/C10H10F2N2O6S/c11-6-3-5(9(15)16)4-7(8(6)12)21(18,19)14-1-2-20-10(13)17/h3-4,14H,1-2H2,(H2,13,17)(H,15,16). The molecule has 0 spiro atoms. The van der Waals surface area contributed by atoms with Crippen LogP contribution in [0.2, 0.25) is 0 Å². The number of hydrogen-bond acceptors (Lipinski definition) is 5. The minimum absolute atomic E-state index is 0.354. The Labute approximate surface area is 117 Å².